The van der Waals surface area contributed by atoms with E-state index in [1.165, 1.54) is 12.8 Å². The number of hydrogen-bond acceptors (Lipinski definition) is 3. The Labute approximate surface area is 182 Å². The number of carbonyl (C=O) groups excluding carboxylic acids is 1. The van der Waals surface area contributed by atoms with Crippen LogP contribution in [0.4, 0.5) is 0 Å². The number of aliphatic hydroxyl groups is 1. The number of aliphatic imine (C=N–C) groups is 1. The number of aliphatic hydroxyl groups excluding tert-OH is 1. The summed E-state index contributed by atoms with van der Waals surface area (Å²) in [6, 6.07) is 0.278. The van der Waals surface area contributed by atoms with Crippen LogP contribution in [0.15, 0.2) is 4.99 Å². The van der Waals surface area contributed by atoms with Crippen molar-refractivity contribution in [3.8, 4) is 0 Å². The zero-order valence-electron chi connectivity index (χ0n) is 17.1. The highest BCUT2D eigenvalue weighted by Crippen LogP contribution is 2.27. The molecular formula is C20H39IN4O2. The second-order valence-electron chi connectivity index (χ2n) is 7.78. The summed E-state index contributed by atoms with van der Waals surface area (Å²) >= 11 is 0. The molecule has 7 heteroatoms. The van der Waals surface area contributed by atoms with Crippen LogP contribution in [0, 0.1) is 11.8 Å². The molecule has 0 radical (unpaired) electrons. The summed E-state index contributed by atoms with van der Waals surface area (Å²) in [4.78, 5) is 19.4. The van der Waals surface area contributed by atoms with Crippen LogP contribution in [0.1, 0.15) is 65.2 Å². The molecule has 0 aromatic heterocycles. The molecule has 2 atom stereocenters. The molecule has 27 heavy (non-hydrogen) atoms. The Morgan fingerprint density at radius 1 is 1.22 bits per heavy atom. The van der Waals surface area contributed by atoms with E-state index >= 15 is 0 Å². The van der Waals surface area contributed by atoms with E-state index in [1.54, 1.807) is 0 Å². The lowest BCUT2D eigenvalue weighted by Gasteiger charge is -2.22. The summed E-state index contributed by atoms with van der Waals surface area (Å²) < 4.78 is 0. The second kappa shape index (κ2) is 13.6. The molecule has 2 unspecified atom stereocenters. The van der Waals surface area contributed by atoms with Crippen molar-refractivity contribution in [2.75, 3.05) is 32.8 Å². The first-order valence-corrected chi connectivity index (χ1v) is 10.6. The fraction of sp³-hybridized carbons (Fsp3) is 0.900. The number of nitrogens with one attached hydrogen (secondary N) is 2. The van der Waals surface area contributed by atoms with Gasteiger partial charge in [0.15, 0.2) is 5.96 Å². The number of likely N-dealkylation sites (tertiary alicyclic amines) is 1. The second-order valence-corrected chi connectivity index (χ2v) is 7.78. The zero-order chi connectivity index (χ0) is 18.8. The van der Waals surface area contributed by atoms with Crippen molar-refractivity contribution < 1.29 is 9.90 Å². The van der Waals surface area contributed by atoms with Gasteiger partial charge in [0.2, 0.25) is 5.91 Å². The average molecular weight is 494 g/mol. The summed E-state index contributed by atoms with van der Waals surface area (Å²) in [7, 11) is 0. The lowest BCUT2D eigenvalue weighted by molar-refractivity contribution is -0.134. The van der Waals surface area contributed by atoms with Crippen LogP contribution in [-0.4, -0.2) is 60.7 Å². The van der Waals surface area contributed by atoms with Gasteiger partial charge in [0, 0.05) is 44.7 Å². The Morgan fingerprint density at radius 2 is 1.96 bits per heavy atom. The van der Waals surface area contributed by atoms with Gasteiger partial charge >= 0.3 is 0 Å². The van der Waals surface area contributed by atoms with E-state index in [0.717, 1.165) is 70.7 Å². The molecule has 1 amide bonds. The topological polar surface area (TPSA) is 77.0 Å². The van der Waals surface area contributed by atoms with E-state index in [1.807, 2.05) is 4.90 Å². The van der Waals surface area contributed by atoms with Crippen LogP contribution in [0.3, 0.4) is 0 Å². The molecule has 2 fully saturated rings. The van der Waals surface area contributed by atoms with E-state index in [0.29, 0.717) is 11.8 Å². The Bertz CT molecular complexity index is 449. The minimum Gasteiger partial charge on any atom is -0.396 e. The first kappa shape index (κ1) is 24.5. The van der Waals surface area contributed by atoms with Crippen LogP contribution < -0.4 is 10.6 Å². The molecule has 1 saturated heterocycles. The van der Waals surface area contributed by atoms with Gasteiger partial charge in [0.1, 0.15) is 0 Å². The lowest BCUT2D eigenvalue weighted by Crippen LogP contribution is -2.45. The monoisotopic (exact) mass is 494 g/mol. The molecule has 3 N–H and O–H groups in total. The molecule has 0 spiro atoms. The van der Waals surface area contributed by atoms with Gasteiger partial charge in [-0.15, -0.1) is 24.0 Å². The molecule has 1 aliphatic heterocycles. The number of nitrogens with zero attached hydrogens (tertiary/aromatic N) is 2. The minimum atomic E-state index is 0. The van der Waals surface area contributed by atoms with Gasteiger partial charge in [-0.2, -0.15) is 0 Å². The number of halogens is 1. The van der Waals surface area contributed by atoms with Crippen molar-refractivity contribution in [2.45, 2.75) is 71.3 Å². The van der Waals surface area contributed by atoms with E-state index in [9.17, 15) is 9.90 Å². The van der Waals surface area contributed by atoms with Gasteiger partial charge in [0.25, 0.3) is 0 Å². The fourth-order valence-corrected chi connectivity index (χ4v) is 4.16. The normalized spacial score (nSPS) is 21.8. The Hall–Kier alpha value is -0.570. The van der Waals surface area contributed by atoms with Gasteiger partial charge in [-0.1, -0.05) is 26.2 Å². The molecule has 0 bridgehead atoms. The quantitative estimate of drug-likeness (QED) is 0.262. The molecule has 6 nitrogen and oxygen atoms in total. The predicted molar refractivity (Wildman–Crippen MR) is 122 cm³/mol. The fourth-order valence-electron chi connectivity index (χ4n) is 4.16. The minimum absolute atomic E-state index is 0. The van der Waals surface area contributed by atoms with Crippen LogP contribution in [0.5, 0.6) is 0 Å². The van der Waals surface area contributed by atoms with Crippen molar-refractivity contribution in [2.24, 2.45) is 16.8 Å². The summed E-state index contributed by atoms with van der Waals surface area (Å²) in [5, 5.41) is 16.1. The van der Waals surface area contributed by atoms with E-state index in [-0.39, 0.29) is 42.5 Å². The number of rotatable bonds is 9. The van der Waals surface area contributed by atoms with Gasteiger partial charge in [-0.3, -0.25) is 9.79 Å². The van der Waals surface area contributed by atoms with Crippen molar-refractivity contribution in [1.82, 2.24) is 15.5 Å². The molecular weight excluding hydrogens is 455 g/mol. The highest BCUT2D eigenvalue weighted by atomic mass is 127. The molecule has 1 aliphatic carbocycles. The van der Waals surface area contributed by atoms with Crippen molar-refractivity contribution >= 4 is 35.8 Å². The molecule has 0 aromatic carbocycles. The van der Waals surface area contributed by atoms with Gasteiger partial charge in [-0.25, -0.2) is 0 Å². The maximum absolute atomic E-state index is 12.6. The van der Waals surface area contributed by atoms with Gasteiger partial charge in [-0.05, 0) is 44.9 Å². The van der Waals surface area contributed by atoms with Crippen molar-refractivity contribution in [3.05, 3.63) is 0 Å². The third-order valence-corrected chi connectivity index (χ3v) is 5.63. The van der Waals surface area contributed by atoms with Gasteiger partial charge < -0.3 is 20.6 Å². The molecule has 2 aliphatic rings. The Kier molecular flexibility index (Phi) is 12.3. The summed E-state index contributed by atoms with van der Waals surface area (Å²) in [5.41, 5.74) is 0. The van der Waals surface area contributed by atoms with E-state index < -0.39 is 0 Å². The molecule has 1 saturated carbocycles. The molecule has 158 valence electrons. The van der Waals surface area contributed by atoms with Crippen LogP contribution in [-0.2, 0) is 4.79 Å². The maximum Gasteiger partial charge on any atom is 0.225 e. The van der Waals surface area contributed by atoms with E-state index in [2.05, 4.69) is 24.5 Å². The standard InChI is InChI=1S/C20H38N4O2.HI/c1-3-7-16(11-13-25)14-22-20(21-4-2)23-18-10-12-24(15-18)19(26)17-8-5-6-9-17;/h16-18,25H,3-15H2,1-2H3,(H2,21,22,23);1H. The first-order valence-electron chi connectivity index (χ1n) is 10.6. The molecule has 0 aromatic rings. The maximum atomic E-state index is 12.6. The average Bonchev–Trinajstić information content (AvgIpc) is 3.31. The third kappa shape index (κ3) is 8.13. The first-order chi connectivity index (χ1) is 12.7. The Balaban J connectivity index is 0.00000364. The lowest BCUT2D eigenvalue weighted by atomic mass is 10.0. The highest BCUT2D eigenvalue weighted by Gasteiger charge is 2.32. The smallest absolute Gasteiger partial charge is 0.225 e. The molecule has 1 heterocycles. The highest BCUT2D eigenvalue weighted by molar-refractivity contribution is 14.0. The number of carbonyl (C=O) groups is 1. The van der Waals surface area contributed by atoms with Crippen molar-refractivity contribution in [3.63, 3.8) is 0 Å². The molecule has 2 rings (SSSR count). The summed E-state index contributed by atoms with van der Waals surface area (Å²) in [6.07, 6.45) is 8.55. The van der Waals surface area contributed by atoms with Crippen LogP contribution in [0.2, 0.25) is 0 Å². The number of guanidine groups is 1. The van der Waals surface area contributed by atoms with E-state index in [4.69, 9.17) is 4.99 Å². The number of hydrogen-bond donors (Lipinski definition) is 3. The largest absolute Gasteiger partial charge is 0.396 e. The SMILES string of the molecule is CCCC(CCO)CN=C(NCC)NC1CCN(C(=O)C2CCCC2)C1.I. The number of amides is 1. The predicted octanol–water partition coefficient (Wildman–Crippen LogP) is 2.75. The summed E-state index contributed by atoms with van der Waals surface area (Å²) in [6.45, 7) is 7.67. The zero-order valence-corrected chi connectivity index (χ0v) is 19.4. The van der Waals surface area contributed by atoms with Crippen LogP contribution in [0.25, 0.3) is 0 Å². The Morgan fingerprint density at radius 3 is 2.59 bits per heavy atom. The third-order valence-electron chi connectivity index (χ3n) is 5.63. The van der Waals surface area contributed by atoms with Gasteiger partial charge in [0.05, 0.1) is 0 Å². The van der Waals surface area contributed by atoms with Crippen molar-refractivity contribution in [1.29, 1.82) is 0 Å². The summed E-state index contributed by atoms with van der Waals surface area (Å²) in [5.74, 6) is 1.90. The van der Waals surface area contributed by atoms with Crippen LogP contribution >= 0.6 is 24.0 Å².